The molecular weight excluding hydrogens is 324 g/mol. The fourth-order valence-corrected chi connectivity index (χ4v) is 4.67. The van der Waals surface area contributed by atoms with E-state index in [2.05, 4.69) is 9.80 Å². The molecule has 2 fully saturated rings. The van der Waals surface area contributed by atoms with Crippen LogP contribution in [0, 0.1) is 19.8 Å². The lowest BCUT2D eigenvalue weighted by atomic mass is 9.93. The molecule has 0 aromatic heterocycles. The lowest BCUT2D eigenvalue weighted by molar-refractivity contribution is -0.137. The first-order chi connectivity index (χ1) is 12.5. The van der Waals surface area contributed by atoms with Gasteiger partial charge in [-0.1, -0.05) is 38.3 Å². The van der Waals surface area contributed by atoms with Crippen molar-refractivity contribution in [3.05, 3.63) is 28.8 Å². The molecular formula is C22H34N2O2. The predicted molar refractivity (Wildman–Crippen MR) is 105 cm³/mol. The van der Waals surface area contributed by atoms with E-state index >= 15 is 0 Å². The molecule has 1 aliphatic carbocycles. The molecule has 0 radical (unpaired) electrons. The third kappa shape index (κ3) is 4.40. The average molecular weight is 359 g/mol. The molecule has 4 nitrogen and oxygen atoms in total. The van der Waals surface area contributed by atoms with Crippen LogP contribution in [0.4, 0.5) is 0 Å². The summed E-state index contributed by atoms with van der Waals surface area (Å²) >= 11 is 0. The summed E-state index contributed by atoms with van der Waals surface area (Å²) in [5.41, 5.74) is 2.92. The molecule has 26 heavy (non-hydrogen) atoms. The van der Waals surface area contributed by atoms with Crippen molar-refractivity contribution < 1.29 is 9.90 Å². The molecule has 0 bridgehead atoms. The summed E-state index contributed by atoms with van der Waals surface area (Å²) in [7, 11) is 0. The topological polar surface area (TPSA) is 43.8 Å². The van der Waals surface area contributed by atoms with Gasteiger partial charge >= 0.3 is 0 Å². The van der Waals surface area contributed by atoms with Crippen LogP contribution in [-0.2, 0) is 11.2 Å². The summed E-state index contributed by atoms with van der Waals surface area (Å²) < 4.78 is 0. The van der Waals surface area contributed by atoms with Gasteiger partial charge in [-0.25, -0.2) is 0 Å². The van der Waals surface area contributed by atoms with Crippen molar-refractivity contribution in [2.75, 3.05) is 26.2 Å². The van der Waals surface area contributed by atoms with Crippen LogP contribution in [0.5, 0.6) is 5.75 Å². The zero-order chi connectivity index (χ0) is 18.7. The summed E-state index contributed by atoms with van der Waals surface area (Å²) in [6.45, 7) is 9.67. The number of hydrogen-bond donors (Lipinski definition) is 1. The molecule has 1 aliphatic heterocycles. The Balaban J connectivity index is 1.53. The van der Waals surface area contributed by atoms with Crippen LogP contribution in [0.25, 0.3) is 0 Å². The summed E-state index contributed by atoms with van der Waals surface area (Å²) in [5.74, 6) is 0.628. The Bertz CT molecular complexity index is 606. The average Bonchev–Trinajstić information content (AvgIpc) is 2.66. The highest BCUT2D eigenvalue weighted by atomic mass is 16.3. The summed E-state index contributed by atoms with van der Waals surface area (Å²) in [4.78, 5) is 17.6. The Kier molecular flexibility index (Phi) is 6.23. The molecule has 1 amide bonds. The van der Waals surface area contributed by atoms with E-state index in [0.29, 0.717) is 5.75 Å². The summed E-state index contributed by atoms with van der Waals surface area (Å²) in [5, 5.41) is 9.93. The highest BCUT2D eigenvalue weighted by Gasteiger charge is 2.28. The Hall–Kier alpha value is -1.55. The standard InChI is InChI=1S/C22H34N2O2/c1-16-13-19(14-17(2)21(16)25)15-18(3)22(26)24-11-9-23(10-12-24)20-7-5-4-6-8-20/h13-14,18,20,25H,4-12,15H2,1-3H3/t18-/m1/s1. The molecule has 2 aliphatic rings. The van der Waals surface area contributed by atoms with Gasteiger partial charge in [0.1, 0.15) is 5.75 Å². The normalized spacial score (nSPS) is 21.0. The Morgan fingerprint density at radius 1 is 1.08 bits per heavy atom. The molecule has 4 heteroatoms. The molecule has 1 aromatic carbocycles. The third-order valence-corrected chi connectivity index (χ3v) is 6.23. The number of aryl methyl sites for hydroxylation is 2. The number of carbonyl (C=O) groups is 1. The maximum Gasteiger partial charge on any atom is 0.225 e. The van der Waals surface area contributed by atoms with Gasteiger partial charge in [-0.05, 0) is 49.8 Å². The minimum absolute atomic E-state index is 0.0143. The number of piperazine rings is 1. The molecule has 1 aromatic rings. The molecule has 3 rings (SSSR count). The Morgan fingerprint density at radius 3 is 2.23 bits per heavy atom. The van der Waals surface area contributed by atoms with E-state index in [1.165, 1.54) is 32.1 Å². The van der Waals surface area contributed by atoms with E-state index in [1.807, 2.05) is 32.9 Å². The number of phenolic OH excluding ortho intramolecular Hbond substituents is 1. The van der Waals surface area contributed by atoms with Crippen molar-refractivity contribution >= 4 is 5.91 Å². The van der Waals surface area contributed by atoms with Gasteiger partial charge in [0.05, 0.1) is 0 Å². The highest BCUT2D eigenvalue weighted by Crippen LogP contribution is 2.26. The van der Waals surface area contributed by atoms with Crippen molar-refractivity contribution in [2.24, 2.45) is 5.92 Å². The van der Waals surface area contributed by atoms with Gasteiger partial charge in [-0.15, -0.1) is 0 Å². The van der Waals surface area contributed by atoms with Gasteiger partial charge in [0.15, 0.2) is 0 Å². The monoisotopic (exact) mass is 358 g/mol. The number of nitrogens with zero attached hydrogens (tertiary/aromatic N) is 2. The van der Waals surface area contributed by atoms with E-state index in [0.717, 1.165) is 55.3 Å². The third-order valence-electron chi connectivity index (χ3n) is 6.23. The molecule has 1 N–H and O–H groups in total. The van der Waals surface area contributed by atoms with Crippen molar-refractivity contribution in [1.29, 1.82) is 0 Å². The molecule has 1 saturated heterocycles. The van der Waals surface area contributed by atoms with Gasteiger partial charge in [-0.3, -0.25) is 9.69 Å². The fourth-order valence-electron chi connectivity index (χ4n) is 4.67. The molecule has 0 spiro atoms. The zero-order valence-electron chi connectivity index (χ0n) is 16.6. The van der Waals surface area contributed by atoms with Crippen LogP contribution in [0.2, 0.25) is 0 Å². The summed E-state index contributed by atoms with van der Waals surface area (Å²) in [6.07, 6.45) is 7.54. The van der Waals surface area contributed by atoms with Crippen molar-refractivity contribution in [3.63, 3.8) is 0 Å². The second-order valence-corrected chi connectivity index (χ2v) is 8.34. The number of aromatic hydroxyl groups is 1. The van der Waals surface area contributed by atoms with Crippen LogP contribution in [0.15, 0.2) is 12.1 Å². The maximum absolute atomic E-state index is 12.9. The van der Waals surface area contributed by atoms with Crippen molar-refractivity contribution in [3.8, 4) is 5.75 Å². The molecule has 1 saturated carbocycles. The molecule has 144 valence electrons. The van der Waals surface area contributed by atoms with Crippen LogP contribution < -0.4 is 0 Å². The maximum atomic E-state index is 12.9. The number of hydrogen-bond acceptors (Lipinski definition) is 3. The number of amides is 1. The van der Waals surface area contributed by atoms with Crippen molar-refractivity contribution in [2.45, 2.75) is 65.3 Å². The Labute approximate surface area is 158 Å². The molecule has 1 heterocycles. The zero-order valence-corrected chi connectivity index (χ0v) is 16.6. The van der Waals surface area contributed by atoms with E-state index in [4.69, 9.17) is 0 Å². The molecule has 0 unspecified atom stereocenters. The van der Waals surface area contributed by atoms with Gasteiger partial charge in [-0.2, -0.15) is 0 Å². The SMILES string of the molecule is Cc1cc(C[C@@H](C)C(=O)N2CCN(C3CCCCC3)CC2)cc(C)c1O. The van der Waals surface area contributed by atoms with Crippen molar-refractivity contribution in [1.82, 2.24) is 9.80 Å². The number of benzene rings is 1. The Morgan fingerprint density at radius 2 is 1.65 bits per heavy atom. The summed E-state index contributed by atoms with van der Waals surface area (Å²) in [6, 6.07) is 4.77. The van der Waals surface area contributed by atoms with Gasteiger partial charge < -0.3 is 10.0 Å². The van der Waals surface area contributed by atoms with Crippen LogP contribution in [0.1, 0.15) is 55.7 Å². The van der Waals surface area contributed by atoms with E-state index in [-0.39, 0.29) is 11.8 Å². The minimum Gasteiger partial charge on any atom is -0.507 e. The first-order valence-corrected chi connectivity index (χ1v) is 10.3. The minimum atomic E-state index is -0.0143. The first-order valence-electron chi connectivity index (χ1n) is 10.3. The lowest BCUT2D eigenvalue weighted by Gasteiger charge is -2.41. The van der Waals surface area contributed by atoms with Gasteiger partial charge in [0.2, 0.25) is 5.91 Å². The van der Waals surface area contributed by atoms with Crippen LogP contribution in [0.3, 0.4) is 0 Å². The predicted octanol–water partition coefficient (Wildman–Crippen LogP) is 3.66. The lowest BCUT2D eigenvalue weighted by Crippen LogP contribution is -2.53. The second-order valence-electron chi connectivity index (χ2n) is 8.34. The quantitative estimate of drug-likeness (QED) is 0.893. The number of phenols is 1. The fraction of sp³-hybridized carbons (Fsp3) is 0.682. The largest absolute Gasteiger partial charge is 0.507 e. The van der Waals surface area contributed by atoms with Crippen LogP contribution in [-0.4, -0.2) is 53.0 Å². The van der Waals surface area contributed by atoms with E-state index in [1.54, 1.807) is 0 Å². The molecule has 1 atom stereocenters. The van der Waals surface area contributed by atoms with Crippen LogP contribution >= 0.6 is 0 Å². The first kappa shape index (κ1) is 19.2. The smallest absolute Gasteiger partial charge is 0.225 e. The van der Waals surface area contributed by atoms with Gasteiger partial charge in [0, 0.05) is 38.1 Å². The number of carbonyl (C=O) groups excluding carboxylic acids is 1. The van der Waals surface area contributed by atoms with E-state index < -0.39 is 0 Å². The van der Waals surface area contributed by atoms with E-state index in [9.17, 15) is 9.90 Å². The highest BCUT2D eigenvalue weighted by molar-refractivity contribution is 5.79. The second kappa shape index (κ2) is 8.43. The number of rotatable bonds is 4. The van der Waals surface area contributed by atoms with Gasteiger partial charge in [0.25, 0.3) is 0 Å².